The van der Waals surface area contributed by atoms with Crippen LogP contribution in [0, 0.1) is 6.92 Å². The predicted molar refractivity (Wildman–Crippen MR) is 88.3 cm³/mol. The van der Waals surface area contributed by atoms with Gasteiger partial charge < -0.3 is 23.4 Å². The molecular formula is C17H18N2O6. The molecule has 0 bridgehead atoms. The summed E-state index contributed by atoms with van der Waals surface area (Å²) in [6, 6.07) is 4.18. The summed E-state index contributed by atoms with van der Waals surface area (Å²) in [5.41, 5.74) is -0.409. The highest BCUT2D eigenvalue weighted by Gasteiger charge is 2.34. The highest BCUT2D eigenvalue weighted by Crippen LogP contribution is 2.23. The molecule has 1 aliphatic rings. The molecule has 0 aromatic carbocycles. The Bertz CT molecular complexity index is 923. The SMILES string of the molecule is COc1cc(=O)n(C)cc1C(=O)N1CC(Oc2cc(C)oc(=O)c2)C1. The van der Waals surface area contributed by atoms with E-state index in [1.807, 2.05) is 0 Å². The highest BCUT2D eigenvalue weighted by molar-refractivity contribution is 5.97. The van der Waals surface area contributed by atoms with E-state index in [2.05, 4.69) is 0 Å². The number of carbonyl (C=O) groups excluding carboxylic acids is 1. The van der Waals surface area contributed by atoms with E-state index in [1.165, 1.54) is 30.0 Å². The molecule has 0 N–H and O–H groups in total. The van der Waals surface area contributed by atoms with Gasteiger partial charge in [0.1, 0.15) is 23.4 Å². The van der Waals surface area contributed by atoms with Crippen LogP contribution in [-0.4, -0.2) is 41.7 Å². The maximum Gasteiger partial charge on any atom is 0.339 e. The van der Waals surface area contributed by atoms with Crippen LogP contribution in [-0.2, 0) is 7.05 Å². The van der Waals surface area contributed by atoms with Crippen LogP contribution >= 0.6 is 0 Å². The van der Waals surface area contributed by atoms with E-state index in [9.17, 15) is 14.4 Å². The maximum atomic E-state index is 12.6. The summed E-state index contributed by atoms with van der Waals surface area (Å²) in [5.74, 6) is 0.889. The van der Waals surface area contributed by atoms with E-state index in [1.54, 1.807) is 24.9 Å². The van der Waals surface area contributed by atoms with Crippen molar-refractivity contribution in [3.63, 3.8) is 0 Å². The van der Waals surface area contributed by atoms with E-state index in [4.69, 9.17) is 13.9 Å². The van der Waals surface area contributed by atoms with Gasteiger partial charge in [0.25, 0.3) is 11.5 Å². The quantitative estimate of drug-likeness (QED) is 0.803. The molecule has 0 saturated carbocycles. The van der Waals surface area contributed by atoms with Gasteiger partial charge in [-0.25, -0.2) is 4.79 Å². The van der Waals surface area contributed by atoms with Crippen molar-refractivity contribution >= 4 is 5.91 Å². The lowest BCUT2D eigenvalue weighted by Crippen LogP contribution is -2.56. The van der Waals surface area contributed by atoms with Crippen LogP contribution in [0.1, 0.15) is 16.1 Å². The Morgan fingerprint density at radius 2 is 1.96 bits per heavy atom. The molecular weight excluding hydrogens is 328 g/mol. The number of ether oxygens (including phenoxy) is 2. The van der Waals surface area contributed by atoms with Crippen molar-refractivity contribution in [3.05, 3.63) is 56.5 Å². The zero-order chi connectivity index (χ0) is 18.1. The molecule has 0 spiro atoms. The van der Waals surface area contributed by atoms with Gasteiger partial charge >= 0.3 is 5.63 Å². The summed E-state index contributed by atoms with van der Waals surface area (Å²) >= 11 is 0. The minimum absolute atomic E-state index is 0.205. The molecule has 0 unspecified atom stereocenters. The predicted octanol–water partition coefficient (Wildman–Crippen LogP) is 0.559. The van der Waals surface area contributed by atoms with Crippen LogP contribution in [0.25, 0.3) is 0 Å². The number of carbonyl (C=O) groups is 1. The number of aryl methyl sites for hydroxylation is 2. The van der Waals surface area contributed by atoms with Crippen LogP contribution in [0.15, 0.2) is 38.4 Å². The summed E-state index contributed by atoms with van der Waals surface area (Å²) < 4.78 is 17.0. The van der Waals surface area contributed by atoms with Gasteiger partial charge in [0.05, 0.1) is 31.8 Å². The highest BCUT2D eigenvalue weighted by atomic mass is 16.5. The number of rotatable bonds is 4. The Morgan fingerprint density at radius 3 is 2.60 bits per heavy atom. The third-order valence-electron chi connectivity index (χ3n) is 3.95. The van der Waals surface area contributed by atoms with Crippen LogP contribution in [0.4, 0.5) is 0 Å². The first-order chi connectivity index (χ1) is 11.9. The second-order valence-corrected chi connectivity index (χ2v) is 5.88. The Labute approximate surface area is 143 Å². The fourth-order valence-corrected chi connectivity index (χ4v) is 2.63. The minimum atomic E-state index is -0.475. The molecule has 1 saturated heterocycles. The van der Waals surface area contributed by atoms with Gasteiger partial charge in [0.2, 0.25) is 0 Å². The Morgan fingerprint density at radius 1 is 1.24 bits per heavy atom. The topological polar surface area (TPSA) is 91.0 Å². The van der Waals surface area contributed by atoms with Crippen LogP contribution in [0.3, 0.4) is 0 Å². The average molecular weight is 346 g/mol. The second kappa shape index (κ2) is 6.46. The van der Waals surface area contributed by atoms with Gasteiger partial charge in [-0.1, -0.05) is 0 Å². The van der Waals surface area contributed by atoms with Crippen LogP contribution < -0.4 is 20.7 Å². The molecule has 1 fully saturated rings. The van der Waals surface area contributed by atoms with E-state index < -0.39 is 5.63 Å². The molecule has 0 aliphatic carbocycles. The van der Waals surface area contributed by atoms with Gasteiger partial charge in [-0.3, -0.25) is 9.59 Å². The van der Waals surface area contributed by atoms with Crippen molar-refractivity contribution in [2.45, 2.75) is 13.0 Å². The van der Waals surface area contributed by atoms with Crippen molar-refractivity contribution in [2.24, 2.45) is 7.05 Å². The van der Waals surface area contributed by atoms with Gasteiger partial charge in [0, 0.05) is 25.4 Å². The molecule has 8 heteroatoms. The zero-order valence-corrected chi connectivity index (χ0v) is 14.1. The number of aromatic nitrogens is 1. The van der Waals surface area contributed by atoms with Gasteiger partial charge in [0.15, 0.2) is 0 Å². The van der Waals surface area contributed by atoms with E-state index in [0.717, 1.165) is 0 Å². The number of hydrogen-bond acceptors (Lipinski definition) is 6. The zero-order valence-electron chi connectivity index (χ0n) is 14.1. The summed E-state index contributed by atoms with van der Waals surface area (Å²) in [4.78, 5) is 37.2. The van der Waals surface area contributed by atoms with Crippen molar-refractivity contribution in [3.8, 4) is 11.5 Å². The molecule has 2 aromatic rings. The van der Waals surface area contributed by atoms with Crippen LogP contribution in [0.5, 0.6) is 11.5 Å². The molecule has 3 rings (SSSR count). The van der Waals surface area contributed by atoms with Gasteiger partial charge in [-0.05, 0) is 6.92 Å². The number of amides is 1. The van der Waals surface area contributed by atoms with Gasteiger partial charge in [-0.2, -0.15) is 0 Å². The van der Waals surface area contributed by atoms with E-state index >= 15 is 0 Å². The number of methoxy groups -OCH3 is 1. The fourth-order valence-electron chi connectivity index (χ4n) is 2.63. The molecule has 25 heavy (non-hydrogen) atoms. The molecule has 2 aromatic heterocycles. The second-order valence-electron chi connectivity index (χ2n) is 5.88. The largest absolute Gasteiger partial charge is 0.496 e. The standard InChI is InChI=1S/C17H18N2O6/c1-10-4-11(5-16(21)24-10)25-12-7-19(8-12)17(22)13-9-18(2)15(20)6-14(13)23-3/h4-6,9,12H,7-8H2,1-3H3. The van der Waals surface area contributed by atoms with Crippen molar-refractivity contribution in [2.75, 3.05) is 20.2 Å². The van der Waals surface area contributed by atoms with Crippen molar-refractivity contribution in [1.29, 1.82) is 0 Å². The maximum absolute atomic E-state index is 12.6. The van der Waals surface area contributed by atoms with E-state index in [0.29, 0.717) is 30.2 Å². The monoisotopic (exact) mass is 346 g/mol. The van der Waals surface area contributed by atoms with E-state index in [-0.39, 0.29) is 23.3 Å². The molecule has 1 aliphatic heterocycles. The summed E-state index contributed by atoms with van der Waals surface area (Å²) in [6.07, 6.45) is 1.26. The minimum Gasteiger partial charge on any atom is -0.496 e. The van der Waals surface area contributed by atoms with Crippen LogP contribution in [0.2, 0.25) is 0 Å². The normalized spacial score (nSPS) is 14.1. The lowest BCUT2D eigenvalue weighted by Gasteiger charge is -2.39. The molecule has 3 heterocycles. The first-order valence-corrected chi connectivity index (χ1v) is 7.70. The fraction of sp³-hybridized carbons (Fsp3) is 0.353. The van der Waals surface area contributed by atoms with Crippen molar-refractivity contribution < 1.29 is 18.7 Å². The number of pyridine rings is 1. The average Bonchev–Trinajstić information content (AvgIpc) is 2.51. The molecule has 1 amide bonds. The summed E-state index contributed by atoms with van der Waals surface area (Å²) in [5, 5.41) is 0. The number of nitrogens with zero attached hydrogens (tertiary/aromatic N) is 2. The third-order valence-corrected chi connectivity index (χ3v) is 3.95. The molecule has 0 atom stereocenters. The molecule has 132 valence electrons. The molecule has 0 radical (unpaired) electrons. The lowest BCUT2D eigenvalue weighted by atomic mass is 10.1. The molecule has 8 nitrogen and oxygen atoms in total. The van der Waals surface area contributed by atoms with Gasteiger partial charge in [-0.15, -0.1) is 0 Å². The number of likely N-dealkylation sites (tertiary alicyclic amines) is 1. The lowest BCUT2D eigenvalue weighted by molar-refractivity contribution is 0.0172. The summed E-state index contributed by atoms with van der Waals surface area (Å²) in [7, 11) is 2.99. The summed E-state index contributed by atoms with van der Waals surface area (Å²) in [6.45, 7) is 2.42. The van der Waals surface area contributed by atoms with Crippen molar-refractivity contribution in [1.82, 2.24) is 9.47 Å². The Hall–Kier alpha value is -3.03. The smallest absolute Gasteiger partial charge is 0.339 e. The third kappa shape index (κ3) is 3.42. The first-order valence-electron chi connectivity index (χ1n) is 7.70. The Balaban J connectivity index is 1.68. The first kappa shape index (κ1) is 16.8. The number of hydrogen-bond donors (Lipinski definition) is 0. The Kier molecular flexibility index (Phi) is 4.35.